The lowest BCUT2D eigenvalue weighted by molar-refractivity contribution is -0.153. The van der Waals surface area contributed by atoms with Gasteiger partial charge in [-0.15, -0.1) is 5.10 Å². The van der Waals surface area contributed by atoms with Crippen molar-refractivity contribution in [1.82, 2.24) is 15.2 Å². The Morgan fingerprint density at radius 3 is 2.33 bits per heavy atom. The number of aryl methyl sites for hydroxylation is 1. The summed E-state index contributed by atoms with van der Waals surface area (Å²) >= 11 is 0. The van der Waals surface area contributed by atoms with Crippen molar-refractivity contribution in [2.45, 2.75) is 69.2 Å². The number of hydrogen-bond donors (Lipinski definition) is 2. The Bertz CT molecular complexity index is 1670. The van der Waals surface area contributed by atoms with E-state index in [0.29, 0.717) is 29.4 Å². The molecule has 2 heterocycles. The van der Waals surface area contributed by atoms with Crippen LogP contribution in [0.5, 0.6) is 5.75 Å². The number of pyridine rings is 1. The Morgan fingerprint density at radius 1 is 1.07 bits per heavy atom. The van der Waals surface area contributed by atoms with E-state index >= 15 is 0 Å². The maximum absolute atomic E-state index is 12.7. The van der Waals surface area contributed by atoms with Gasteiger partial charge in [0.05, 0.1) is 16.5 Å². The highest BCUT2D eigenvalue weighted by Crippen LogP contribution is 2.36. The maximum Gasteiger partial charge on any atom is 0.422 e. The van der Waals surface area contributed by atoms with Gasteiger partial charge in [0, 0.05) is 11.4 Å². The van der Waals surface area contributed by atoms with Crippen LogP contribution < -0.4 is 10.1 Å². The van der Waals surface area contributed by atoms with Crippen LogP contribution in [0, 0.1) is 6.92 Å². The highest BCUT2D eigenvalue weighted by atomic mass is 32.2. The predicted molar refractivity (Wildman–Crippen MR) is 152 cm³/mol. The summed E-state index contributed by atoms with van der Waals surface area (Å²) in [5, 5.41) is 21.3. The molecule has 43 heavy (non-hydrogen) atoms. The van der Waals surface area contributed by atoms with E-state index in [2.05, 4.69) is 15.5 Å². The molecule has 1 aliphatic rings. The van der Waals surface area contributed by atoms with Gasteiger partial charge in [0.25, 0.3) is 5.89 Å². The first-order valence-corrected chi connectivity index (χ1v) is 15.0. The summed E-state index contributed by atoms with van der Waals surface area (Å²) in [5.74, 6) is 0.374. The van der Waals surface area contributed by atoms with Gasteiger partial charge in [0.2, 0.25) is 9.84 Å². The van der Waals surface area contributed by atoms with Gasteiger partial charge in [0.1, 0.15) is 11.4 Å². The van der Waals surface area contributed by atoms with Crippen molar-refractivity contribution < 1.29 is 40.2 Å². The molecule has 1 fully saturated rings. The molecule has 9 nitrogen and oxygen atoms in total. The average molecular weight is 625 g/mol. The molecule has 0 atom stereocenters. The number of hydrogen-bond acceptors (Lipinski definition) is 9. The van der Waals surface area contributed by atoms with Gasteiger partial charge in [0.15, 0.2) is 12.6 Å². The number of nitrogens with zero attached hydrogens (tertiary/aromatic N) is 3. The average Bonchev–Trinajstić information content (AvgIpc) is 3.39. The van der Waals surface area contributed by atoms with Crippen molar-refractivity contribution in [2.24, 2.45) is 0 Å². The number of fused-ring (bicyclic) bond motifs is 1. The Balaban J connectivity index is 0.000000324. The van der Waals surface area contributed by atoms with E-state index in [1.54, 1.807) is 36.4 Å². The summed E-state index contributed by atoms with van der Waals surface area (Å²) in [6, 6.07) is 11.5. The molecule has 232 valence electrons. The van der Waals surface area contributed by atoms with Crippen molar-refractivity contribution in [3.8, 4) is 17.3 Å². The van der Waals surface area contributed by atoms with Gasteiger partial charge in [-0.2, -0.15) is 13.2 Å². The van der Waals surface area contributed by atoms with Crippen LogP contribution in [0.15, 0.2) is 57.8 Å². The zero-order valence-corrected chi connectivity index (χ0v) is 24.8. The van der Waals surface area contributed by atoms with E-state index < -0.39 is 34.0 Å². The molecule has 0 bridgehead atoms. The first-order chi connectivity index (χ1) is 20.1. The normalized spacial score (nSPS) is 17.1. The molecule has 0 spiro atoms. The van der Waals surface area contributed by atoms with E-state index in [1.165, 1.54) is 12.1 Å². The largest absolute Gasteiger partial charge is 0.484 e. The molecule has 2 N–H and O–H groups in total. The van der Waals surface area contributed by atoms with Crippen LogP contribution in [0.1, 0.15) is 44.7 Å². The molecule has 4 aromatic rings. The lowest BCUT2D eigenvalue weighted by Crippen LogP contribution is -2.39. The van der Waals surface area contributed by atoms with E-state index in [0.717, 1.165) is 11.1 Å². The van der Waals surface area contributed by atoms with Crippen molar-refractivity contribution in [2.75, 3.05) is 17.9 Å². The topological polar surface area (TPSA) is 127 Å². The second-order valence-corrected chi connectivity index (χ2v) is 13.2. The van der Waals surface area contributed by atoms with Crippen LogP contribution in [0.4, 0.5) is 23.6 Å². The van der Waals surface area contributed by atoms with Crippen LogP contribution in [-0.2, 0) is 15.3 Å². The molecule has 0 aliphatic heterocycles. The third-order valence-electron chi connectivity index (χ3n) is 6.64. The van der Waals surface area contributed by atoms with Gasteiger partial charge in [-0.05, 0) is 66.6 Å². The summed E-state index contributed by atoms with van der Waals surface area (Å²) in [6.07, 6.45) is -3.48. The smallest absolute Gasteiger partial charge is 0.422 e. The Hall–Kier alpha value is -3.78. The number of alkyl halides is 4. The molecule has 5 rings (SSSR count). The minimum absolute atomic E-state index is 0.0301. The van der Waals surface area contributed by atoms with Gasteiger partial charge >= 0.3 is 12.2 Å². The van der Waals surface area contributed by atoms with Gasteiger partial charge in [-0.25, -0.2) is 17.8 Å². The molecular weight excluding hydrogens is 592 g/mol. The molecule has 1 saturated carbocycles. The number of aliphatic hydroxyl groups is 1. The van der Waals surface area contributed by atoms with Crippen LogP contribution in [-0.4, -0.2) is 59.6 Å². The fraction of sp³-hybridized carbons (Fsp3) is 0.414. The number of ether oxygens (including phenoxy) is 1. The summed E-state index contributed by atoms with van der Waals surface area (Å²) in [5.41, 5.74) is 2.25. The van der Waals surface area contributed by atoms with Crippen LogP contribution in [0.25, 0.3) is 22.5 Å². The van der Waals surface area contributed by atoms with Crippen LogP contribution in [0.3, 0.4) is 0 Å². The van der Waals surface area contributed by atoms with Gasteiger partial charge in [-0.3, -0.25) is 0 Å². The third kappa shape index (κ3) is 8.20. The summed E-state index contributed by atoms with van der Waals surface area (Å²) in [6.45, 7) is 6.36. The predicted octanol–water partition coefficient (Wildman–Crippen LogP) is 6.15. The van der Waals surface area contributed by atoms with Crippen LogP contribution >= 0.6 is 0 Å². The lowest BCUT2D eigenvalue weighted by Gasteiger charge is -2.30. The molecule has 0 amide bonds. The monoisotopic (exact) mass is 624 g/mol. The number of rotatable bonds is 7. The van der Waals surface area contributed by atoms with Crippen molar-refractivity contribution in [3.63, 3.8) is 0 Å². The maximum atomic E-state index is 12.7. The zero-order valence-electron chi connectivity index (χ0n) is 23.9. The van der Waals surface area contributed by atoms with E-state index in [9.17, 15) is 31.1 Å². The number of aromatic nitrogens is 3. The Labute approximate surface area is 246 Å². The molecule has 0 unspecified atom stereocenters. The quantitative estimate of drug-likeness (QED) is 0.233. The number of halogens is 4. The molecule has 2 aromatic heterocycles. The molecule has 0 saturated heterocycles. The number of sulfone groups is 1. The SMILES string of the molecule is Cc1cc(-c2nnc(NC3CC(O)C3)o2)nc2c(C(C)(C)C)cc(OCC(F)(F)F)cc12.O=S(=O)(CF)c1ccccc1. The standard InChI is InChI=1S/C22H25F3N4O3.C7H7FO2S/c1-11-5-17(19-28-29-20(32-19)26-12-6-13(30)7-12)27-18-15(11)8-14(31-10-22(23,24)25)9-16(18)21(2,3)4;8-6-11(9,10)7-4-2-1-3-5-7/h5,8-9,12-13,30H,6-7,10H2,1-4H3,(H,26,29);1-5H,6H2. The Kier molecular flexibility index (Phi) is 9.30. The highest BCUT2D eigenvalue weighted by molar-refractivity contribution is 7.91. The fourth-order valence-corrected chi connectivity index (χ4v) is 5.05. The molecule has 1 aliphatic carbocycles. The summed E-state index contributed by atoms with van der Waals surface area (Å²) in [7, 11) is -3.66. The number of benzene rings is 2. The van der Waals surface area contributed by atoms with Crippen molar-refractivity contribution in [3.05, 3.63) is 59.7 Å². The highest BCUT2D eigenvalue weighted by Gasteiger charge is 2.30. The second-order valence-electron chi connectivity index (χ2n) is 11.3. The zero-order chi connectivity index (χ0) is 31.6. The third-order valence-corrected chi connectivity index (χ3v) is 7.91. The van der Waals surface area contributed by atoms with E-state index in [4.69, 9.17) is 14.1 Å². The molecule has 2 aromatic carbocycles. The number of anilines is 1. The lowest BCUT2D eigenvalue weighted by atomic mass is 9.84. The molecule has 0 radical (unpaired) electrons. The van der Waals surface area contributed by atoms with E-state index in [1.807, 2.05) is 27.7 Å². The molecular formula is C29H32F4N4O5S. The van der Waals surface area contributed by atoms with Crippen molar-refractivity contribution >= 4 is 26.8 Å². The van der Waals surface area contributed by atoms with Crippen LogP contribution in [0.2, 0.25) is 0 Å². The van der Waals surface area contributed by atoms with Gasteiger partial charge < -0.3 is 19.6 Å². The molecule has 14 heteroatoms. The van der Waals surface area contributed by atoms with E-state index in [-0.39, 0.29) is 34.7 Å². The minimum atomic E-state index is -4.42. The fourth-order valence-electron chi connectivity index (χ4n) is 4.35. The first-order valence-electron chi connectivity index (χ1n) is 13.3. The first kappa shape index (κ1) is 32.1. The number of nitrogens with one attached hydrogen (secondary N) is 1. The minimum Gasteiger partial charge on any atom is -0.484 e. The number of aliphatic hydroxyl groups excluding tert-OH is 1. The van der Waals surface area contributed by atoms with Crippen molar-refractivity contribution in [1.29, 1.82) is 0 Å². The second kappa shape index (κ2) is 12.4. The summed E-state index contributed by atoms with van der Waals surface area (Å²) < 4.78 is 82.2. The summed E-state index contributed by atoms with van der Waals surface area (Å²) in [4.78, 5) is 4.75. The Morgan fingerprint density at radius 2 is 1.74 bits per heavy atom. The van der Waals surface area contributed by atoms with Gasteiger partial charge in [-0.1, -0.05) is 44.1 Å².